The average Bonchev–Trinajstić information content (AvgIpc) is 2.81. The van der Waals surface area contributed by atoms with Crippen LogP contribution in [0.25, 0.3) is 0 Å². The average molecular weight is 289 g/mol. The molecule has 114 valence electrons. The summed E-state index contributed by atoms with van der Waals surface area (Å²) in [7, 11) is 0. The van der Waals surface area contributed by atoms with Crippen molar-refractivity contribution >= 4 is 5.69 Å². The van der Waals surface area contributed by atoms with Gasteiger partial charge in [0, 0.05) is 43.3 Å². The van der Waals surface area contributed by atoms with E-state index in [2.05, 4.69) is 17.1 Å². The molecular weight excluding hydrogens is 266 g/mol. The molecule has 5 nitrogen and oxygen atoms in total. The van der Waals surface area contributed by atoms with Gasteiger partial charge in [-0.1, -0.05) is 19.1 Å². The van der Waals surface area contributed by atoms with Crippen molar-refractivity contribution in [2.24, 2.45) is 0 Å². The van der Waals surface area contributed by atoms with Gasteiger partial charge in [-0.2, -0.15) is 0 Å². The normalized spacial score (nSPS) is 27.3. The van der Waals surface area contributed by atoms with Crippen molar-refractivity contribution < 1.29 is 4.92 Å². The van der Waals surface area contributed by atoms with E-state index in [1.807, 2.05) is 6.07 Å². The molecule has 0 amide bonds. The summed E-state index contributed by atoms with van der Waals surface area (Å²) in [4.78, 5) is 13.2. The van der Waals surface area contributed by atoms with Crippen LogP contribution in [0.3, 0.4) is 0 Å². The highest BCUT2D eigenvalue weighted by Crippen LogP contribution is 2.31. The molecule has 2 saturated heterocycles. The Balaban J connectivity index is 1.80. The number of fused-ring (bicyclic) bond motifs is 2. The van der Waals surface area contributed by atoms with Gasteiger partial charge in [0.05, 0.1) is 4.92 Å². The Hall–Kier alpha value is -1.46. The van der Waals surface area contributed by atoms with Crippen LogP contribution in [-0.2, 0) is 0 Å². The Kier molecular flexibility index (Phi) is 4.22. The zero-order chi connectivity index (χ0) is 14.8. The minimum absolute atomic E-state index is 0.195. The lowest BCUT2D eigenvalue weighted by Gasteiger charge is -2.32. The van der Waals surface area contributed by atoms with E-state index in [1.165, 1.54) is 19.3 Å². The summed E-state index contributed by atoms with van der Waals surface area (Å²) >= 11 is 0. The van der Waals surface area contributed by atoms with Crippen LogP contribution in [0.5, 0.6) is 0 Å². The molecule has 0 saturated carbocycles. The van der Waals surface area contributed by atoms with Gasteiger partial charge in [-0.25, -0.2) is 0 Å². The first kappa shape index (κ1) is 14.5. The number of nitrogens with one attached hydrogen (secondary N) is 1. The van der Waals surface area contributed by atoms with Gasteiger partial charge in [0.1, 0.15) is 0 Å². The second-order valence-corrected chi connectivity index (χ2v) is 6.20. The molecule has 2 heterocycles. The molecule has 21 heavy (non-hydrogen) atoms. The van der Waals surface area contributed by atoms with Gasteiger partial charge in [0.25, 0.3) is 5.69 Å². The van der Waals surface area contributed by atoms with Crippen LogP contribution >= 0.6 is 0 Å². The molecule has 1 aromatic rings. The largest absolute Gasteiger partial charge is 0.310 e. The predicted molar refractivity (Wildman–Crippen MR) is 82.3 cm³/mol. The summed E-state index contributed by atoms with van der Waals surface area (Å²) in [5.41, 5.74) is 1.27. The third-order valence-corrected chi connectivity index (χ3v) is 4.85. The van der Waals surface area contributed by atoms with Crippen molar-refractivity contribution in [2.75, 3.05) is 13.1 Å². The Bertz CT molecular complexity index is 520. The summed E-state index contributed by atoms with van der Waals surface area (Å²) < 4.78 is 0. The van der Waals surface area contributed by atoms with E-state index in [-0.39, 0.29) is 16.7 Å². The van der Waals surface area contributed by atoms with Crippen LogP contribution < -0.4 is 5.32 Å². The molecule has 0 spiro atoms. The second kappa shape index (κ2) is 6.12. The van der Waals surface area contributed by atoms with E-state index < -0.39 is 0 Å². The fourth-order valence-corrected chi connectivity index (χ4v) is 3.80. The number of nitro benzene ring substituents is 1. The van der Waals surface area contributed by atoms with Crippen LogP contribution in [0.4, 0.5) is 5.69 Å². The van der Waals surface area contributed by atoms with Crippen molar-refractivity contribution in [1.82, 2.24) is 10.2 Å². The fraction of sp³-hybridized carbons (Fsp3) is 0.625. The van der Waals surface area contributed by atoms with Gasteiger partial charge < -0.3 is 5.32 Å². The van der Waals surface area contributed by atoms with Gasteiger partial charge in [-0.3, -0.25) is 15.0 Å². The Morgan fingerprint density at radius 3 is 2.95 bits per heavy atom. The maximum atomic E-state index is 11.0. The first-order valence-corrected chi connectivity index (χ1v) is 7.92. The van der Waals surface area contributed by atoms with Crippen molar-refractivity contribution in [3.8, 4) is 0 Å². The molecular formula is C16H23N3O2. The van der Waals surface area contributed by atoms with Crippen molar-refractivity contribution in [3.05, 3.63) is 39.9 Å². The SMILES string of the molecule is CCC(c1cccc([N+](=O)[O-])c1)N1CCC2CCC(C1)N2. The topological polar surface area (TPSA) is 58.4 Å². The van der Waals surface area contributed by atoms with Gasteiger partial charge in [-0.15, -0.1) is 0 Å². The van der Waals surface area contributed by atoms with Gasteiger partial charge in [-0.05, 0) is 31.2 Å². The zero-order valence-electron chi connectivity index (χ0n) is 12.5. The maximum absolute atomic E-state index is 11.0. The lowest BCUT2D eigenvalue weighted by molar-refractivity contribution is -0.385. The number of hydrogen-bond acceptors (Lipinski definition) is 4. The number of hydrogen-bond donors (Lipinski definition) is 1. The van der Waals surface area contributed by atoms with Crippen LogP contribution in [0.1, 0.15) is 44.2 Å². The molecule has 0 aliphatic carbocycles. The number of nitro groups is 1. The smallest absolute Gasteiger partial charge is 0.269 e. The van der Waals surface area contributed by atoms with Crippen molar-refractivity contribution in [1.29, 1.82) is 0 Å². The minimum Gasteiger partial charge on any atom is -0.310 e. The molecule has 1 N–H and O–H groups in total. The molecule has 2 aliphatic heterocycles. The van der Waals surface area contributed by atoms with Crippen molar-refractivity contribution in [3.63, 3.8) is 0 Å². The summed E-state index contributed by atoms with van der Waals surface area (Å²) in [6.45, 7) is 4.30. The van der Waals surface area contributed by atoms with Gasteiger partial charge in [0.2, 0.25) is 0 Å². The van der Waals surface area contributed by atoms with E-state index in [0.717, 1.165) is 25.1 Å². The van der Waals surface area contributed by atoms with E-state index in [1.54, 1.807) is 18.2 Å². The van der Waals surface area contributed by atoms with Crippen molar-refractivity contribution in [2.45, 2.75) is 50.7 Å². The molecule has 2 aliphatic rings. The van der Waals surface area contributed by atoms with Crippen LogP contribution in [0.2, 0.25) is 0 Å². The lowest BCUT2D eigenvalue weighted by Crippen LogP contribution is -2.37. The zero-order valence-corrected chi connectivity index (χ0v) is 12.5. The quantitative estimate of drug-likeness (QED) is 0.684. The second-order valence-electron chi connectivity index (χ2n) is 6.20. The minimum atomic E-state index is -0.303. The Morgan fingerprint density at radius 1 is 1.38 bits per heavy atom. The number of nitrogens with zero attached hydrogens (tertiary/aromatic N) is 2. The third kappa shape index (κ3) is 3.09. The first-order chi connectivity index (χ1) is 10.2. The number of non-ortho nitro benzene ring substituents is 1. The Morgan fingerprint density at radius 2 is 2.19 bits per heavy atom. The molecule has 2 bridgehead atoms. The lowest BCUT2D eigenvalue weighted by atomic mass is 9.99. The molecule has 0 aromatic heterocycles. The molecule has 3 atom stereocenters. The van der Waals surface area contributed by atoms with Gasteiger partial charge in [0.15, 0.2) is 0 Å². The predicted octanol–water partition coefficient (Wildman–Crippen LogP) is 2.87. The van der Waals surface area contributed by atoms with E-state index in [4.69, 9.17) is 0 Å². The number of likely N-dealkylation sites (tertiary alicyclic amines) is 1. The number of benzene rings is 1. The van der Waals surface area contributed by atoms with Crippen LogP contribution in [0.15, 0.2) is 24.3 Å². The standard InChI is InChI=1S/C16H23N3O2/c1-2-16(12-4-3-5-15(10-12)19(20)21)18-9-8-13-6-7-14(11-18)17-13/h3-5,10,13-14,16-17H,2,6-9,11H2,1H3. The summed E-state index contributed by atoms with van der Waals surface area (Å²) in [5, 5.41) is 14.7. The highest BCUT2D eigenvalue weighted by Gasteiger charge is 2.32. The molecule has 0 radical (unpaired) electrons. The summed E-state index contributed by atoms with van der Waals surface area (Å²) in [6.07, 6.45) is 4.72. The molecule has 3 rings (SSSR count). The Labute approximate surface area is 125 Å². The highest BCUT2D eigenvalue weighted by molar-refractivity contribution is 5.35. The molecule has 3 unspecified atom stereocenters. The molecule has 1 aromatic carbocycles. The van der Waals surface area contributed by atoms with Crippen LogP contribution in [0, 0.1) is 10.1 Å². The molecule has 2 fully saturated rings. The van der Waals surface area contributed by atoms with E-state index >= 15 is 0 Å². The fourth-order valence-electron chi connectivity index (χ4n) is 3.80. The van der Waals surface area contributed by atoms with E-state index in [9.17, 15) is 10.1 Å². The van der Waals surface area contributed by atoms with E-state index in [0.29, 0.717) is 12.1 Å². The summed E-state index contributed by atoms with van der Waals surface area (Å²) in [6, 6.07) is 8.68. The first-order valence-electron chi connectivity index (χ1n) is 7.92. The molecule has 5 heteroatoms. The van der Waals surface area contributed by atoms with Gasteiger partial charge >= 0.3 is 0 Å². The summed E-state index contributed by atoms with van der Waals surface area (Å²) in [5.74, 6) is 0. The monoisotopic (exact) mass is 289 g/mol. The van der Waals surface area contributed by atoms with Crippen LogP contribution in [-0.4, -0.2) is 35.0 Å². The number of rotatable bonds is 4. The highest BCUT2D eigenvalue weighted by atomic mass is 16.6. The maximum Gasteiger partial charge on any atom is 0.269 e. The third-order valence-electron chi connectivity index (χ3n) is 4.85.